The minimum atomic E-state index is -0.0518. The molecule has 32 heavy (non-hydrogen) atoms. The quantitative estimate of drug-likeness (QED) is 0.411. The molecule has 1 saturated heterocycles. The van der Waals surface area contributed by atoms with Crippen LogP contribution < -0.4 is 10.2 Å². The number of nitrogens with zero attached hydrogens (tertiary/aromatic N) is 1. The van der Waals surface area contributed by atoms with Crippen LogP contribution in [0.4, 0.5) is 5.69 Å². The maximum absolute atomic E-state index is 13.1. The molecule has 1 fully saturated rings. The van der Waals surface area contributed by atoms with E-state index < -0.39 is 0 Å². The van der Waals surface area contributed by atoms with Gasteiger partial charge in [-0.25, -0.2) is 0 Å². The molecule has 4 heteroatoms. The zero-order valence-electron chi connectivity index (χ0n) is 19.0. The van der Waals surface area contributed by atoms with Gasteiger partial charge in [0.2, 0.25) is 0 Å². The van der Waals surface area contributed by atoms with Crippen LogP contribution in [0.3, 0.4) is 0 Å². The van der Waals surface area contributed by atoms with Gasteiger partial charge in [0.15, 0.2) is 0 Å². The Bertz CT molecular complexity index is 1020. The average Bonchev–Trinajstić information content (AvgIpc) is 2.83. The van der Waals surface area contributed by atoms with Gasteiger partial charge in [-0.05, 0) is 61.1 Å². The second-order valence-electron chi connectivity index (χ2n) is 8.75. The number of anilines is 1. The van der Waals surface area contributed by atoms with Crippen molar-refractivity contribution < 1.29 is 4.79 Å². The molecule has 1 amide bonds. The van der Waals surface area contributed by atoms with Crippen LogP contribution in [-0.4, -0.2) is 19.0 Å². The van der Waals surface area contributed by atoms with Crippen molar-refractivity contribution in [1.82, 2.24) is 5.32 Å². The van der Waals surface area contributed by atoms with Gasteiger partial charge < -0.3 is 10.2 Å². The van der Waals surface area contributed by atoms with E-state index in [-0.39, 0.29) is 11.9 Å². The fourth-order valence-electron chi connectivity index (χ4n) is 4.27. The Hall–Kier alpha value is -2.72. The minimum Gasteiger partial charge on any atom is -0.371 e. The Morgan fingerprint density at radius 3 is 2.50 bits per heavy atom. The Labute approximate surface area is 196 Å². The predicted molar refractivity (Wildman–Crippen MR) is 135 cm³/mol. The summed E-state index contributed by atoms with van der Waals surface area (Å²) in [7, 11) is 0. The van der Waals surface area contributed by atoms with Crippen LogP contribution in [-0.2, 0) is 5.75 Å². The molecule has 1 heterocycles. The van der Waals surface area contributed by atoms with Gasteiger partial charge in [0.05, 0.1) is 11.6 Å². The fraction of sp³-hybridized carbons (Fsp3) is 0.321. The summed E-state index contributed by atoms with van der Waals surface area (Å²) in [4.78, 5) is 16.6. The maximum atomic E-state index is 13.1. The number of amides is 1. The highest BCUT2D eigenvalue weighted by Crippen LogP contribution is 2.28. The van der Waals surface area contributed by atoms with Crippen molar-refractivity contribution in [1.29, 1.82) is 0 Å². The molecule has 4 rings (SSSR count). The second-order valence-corrected chi connectivity index (χ2v) is 9.77. The first kappa shape index (κ1) is 22.5. The predicted octanol–water partition coefficient (Wildman–Crippen LogP) is 6.71. The normalized spacial score (nSPS) is 17.1. The van der Waals surface area contributed by atoms with Crippen molar-refractivity contribution in [3.05, 3.63) is 95.6 Å². The van der Waals surface area contributed by atoms with Crippen LogP contribution in [0.15, 0.2) is 83.8 Å². The molecule has 1 N–H and O–H groups in total. The second kappa shape index (κ2) is 10.7. The summed E-state index contributed by atoms with van der Waals surface area (Å²) in [6.07, 6.45) is 2.58. The van der Waals surface area contributed by atoms with Crippen LogP contribution in [0.25, 0.3) is 0 Å². The van der Waals surface area contributed by atoms with Crippen LogP contribution in [0.5, 0.6) is 0 Å². The van der Waals surface area contributed by atoms with Crippen molar-refractivity contribution in [2.24, 2.45) is 5.92 Å². The Morgan fingerprint density at radius 1 is 1.03 bits per heavy atom. The molecule has 1 aliphatic rings. The third-order valence-electron chi connectivity index (χ3n) is 6.13. The topological polar surface area (TPSA) is 32.3 Å². The number of benzene rings is 3. The van der Waals surface area contributed by atoms with Crippen LogP contribution in [0.1, 0.15) is 54.2 Å². The molecule has 1 aliphatic heterocycles. The van der Waals surface area contributed by atoms with Gasteiger partial charge in [0, 0.05) is 29.4 Å². The zero-order valence-corrected chi connectivity index (χ0v) is 19.8. The van der Waals surface area contributed by atoms with E-state index in [1.54, 1.807) is 11.8 Å². The number of carbonyl (C=O) groups excluding carboxylic acids is 1. The van der Waals surface area contributed by atoms with E-state index in [1.807, 2.05) is 42.5 Å². The minimum absolute atomic E-state index is 0.0254. The number of carbonyl (C=O) groups is 1. The SMILES string of the molecule is C[C@H]1CCCN(c2ccc([C@H](C)NC(=O)c3ccccc3SCc3ccccc3)cc2)C1. The first-order valence-corrected chi connectivity index (χ1v) is 12.5. The first-order valence-electron chi connectivity index (χ1n) is 11.5. The van der Waals surface area contributed by atoms with Crippen molar-refractivity contribution in [3.63, 3.8) is 0 Å². The molecule has 0 aromatic heterocycles. The van der Waals surface area contributed by atoms with E-state index in [0.29, 0.717) is 0 Å². The van der Waals surface area contributed by atoms with E-state index in [1.165, 1.54) is 24.1 Å². The molecule has 3 nitrogen and oxygen atoms in total. The first-order chi connectivity index (χ1) is 15.6. The zero-order chi connectivity index (χ0) is 22.3. The summed E-state index contributed by atoms with van der Waals surface area (Å²) in [5, 5.41) is 3.19. The highest BCUT2D eigenvalue weighted by atomic mass is 32.2. The highest BCUT2D eigenvalue weighted by molar-refractivity contribution is 7.98. The molecule has 3 aromatic rings. The number of thioether (sulfide) groups is 1. The van der Waals surface area contributed by atoms with Crippen molar-refractivity contribution in [2.75, 3.05) is 18.0 Å². The summed E-state index contributed by atoms with van der Waals surface area (Å²) >= 11 is 1.70. The molecule has 0 aliphatic carbocycles. The molecule has 0 radical (unpaired) electrons. The number of piperidine rings is 1. The van der Waals surface area contributed by atoms with E-state index in [0.717, 1.165) is 40.8 Å². The van der Waals surface area contributed by atoms with Gasteiger partial charge in [-0.15, -0.1) is 11.8 Å². The molecule has 166 valence electrons. The summed E-state index contributed by atoms with van der Waals surface area (Å²) in [5.74, 6) is 1.57. The van der Waals surface area contributed by atoms with Gasteiger partial charge in [0.25, 0.3) is 5.91 Å². The van der Waals surface area contributed by atoms with Crippen molar-refractivity contribution in [2.45, 2.75) is 43.4 Å². The van der Waals surface area contributed by atoms with Gasteiger partial charge in [-0.3, -0.25) is 4.79 Å². The van der Waals surface area contributed by atoms with Crippen LogP contribution in [0, 0.1) is 5.92 Å². The monoisotopic (exact) mass is 444 g/mol. The van der Waals surface area contributed by atoms with E-state index in [2.05, 4.69) is 60.5 Å². The Morgan fingerprint density at radius 2 is 1.75 bits per heavy atom. The van der Waals surface area contributed by atoms with Gasteiger partial charge >= 0.3 is 0 Å². The molecule has 0 spiro atoms. The molecule has 3 aromatic carbocycles. The molecule has 0 unspecified atom stereocenters. The lowest BCUT2D eigenvalue weighted by molar-refractivity contribution is 0.0937. The van der Waals surface area contributed by atoms with Crippen molar-refractivity contribution >= 4 is 23.4 Å². The largest absolute Gasteiger partial charge is 0.371 e. The van der Waals surface area contributed by atoms with Gasteiger partial charge in [-0.2, -0.15) is 0 Å². The molecule has 0 bridgehead atoms. The smallest absolute Gasteiger partial charge is 0.252 e. The number of hydrogen-bond donors (Lipinski definition) is 1. The standard InChI is InChI=1S/C28H32N2OS/c1-21-9-8-18-30(19-21)25-16-14-24(15-17-25)22(2)29-28(31)26-12-6-7-13-27(26)32-20-23-10-4-3-5-11-23/h3-7,10-17,21-22H,8-9,18-20H2,1-2H3,(H,29,31)/t21-,22-/m0/s1. The van der Waals surface area contributed by atoms with Crippen molar-refractivity contribution in [3.8, 4) is 0 Å². The van der Waals surface area contributed by atoms with Gasteiger partial charge in [-0.1, -0.05) is 61.5 Å². The highest BCUT2D eigenvalue weighted by Gasteiger charge is 2.18. The third-order valence-corrected chi connectivity index (χ3v) is 7.28. The van der Waals surface area contributed by atoms with E-state index >= 15 is 0 Å². The average molecular weight is 445 g/mol. The van der Waals surface area contributed by atoms with E-state index in [4.69, 9.17) is 0 Å². The molecule has 0 saturated carbocycles. The lowest BCUT2D eigenvalue weighted by atomic mass is 9.99. The van der Waals surface area contributed by atoms with E-state index in [9.17, 15) is 4.79 Å². The molecular weight excluding hydrogens is 412 g/mol. The Kier molecular flexibility index (Phi) is 7.54. The number of nitrogens with one attached hydrogen (secondary N) is 1. The maximum Gasteiger partial charge on any atom is 0.252 e. The number of hydrogen-bond acceptors (Lipinski definition) is 3. The lowest BCUT2D eigenvalue weighted by Crippen LogP contribution is -2.34. The van der Waals surface area contributed by atoms with Crippen LogP contribution in [0.2, 0.25) is 0 Å². The lowest BCUT2D eigenvalue weighted by Gasteiger charge is -2.33. The third kappa shape index (κ3) is 5.74. The number of rotatable bonds is 7. The van der Waals surface area contributed by atoms with Gasteiger partial charge in [0.1, 0.15) is 0 Å². The molecule has 2 atom stereocenters. The summed E-state index contributed by atoms with van der Waals surface area (Å²) < 4.78 is 0. The fourth-order valence-corrected chi connectivity index (χ4v) is 5.28. The summed E-state index contributed by atoms with van der Waals surface area (Å²) in [5.41, 5.74) is 4.39. The Balaban J connectivity index is 1.39. The molecular formula is C28H32N2OS. The van der Waals surface area contributed by atoms with Crippen LogP contribution >= 0.6 is 11.8 Å². The summed E-state index contributed by atoms with van der Waals surface area (Å²) in [6.45, 7) is 6.64. The summed E-state index contributed by atoms with van der Waals surface area (Å²) in [6, 6.07) is 26.9.